The number of nitrogens with one attached hydrogen (secondary N) is 1. The molecule has 2 heterocycles. The van der Waals surface area contributed by atoms with E-state index in [4.69, 9.17) is 0 Å². The lowest BCUT2D eigenvalue weighted by Gasteiger charge is -2.11. The molecule has 0 saturated carbocycles. The van der Waals surface area contributed by atoms with Crippen molar-refractivity contribution in [3.8, 4) is 17.5 Å². The molecule has 0 radical (unpaired) electrons. The van der Waals surface area contributed by atoms with Gasteiger partial charge in [-0.25, -0.2) is 9.97 Å². The average molecular weight is 409 g/mol. The van der Waals surface area contributed by atoms with Gasteiger partial charge >= 0.3 is 0 Å². The third kappa shape index (κ3) is 5.09. The van der Waals surface area contributed by atoms with Gasteiger partial charge in [-0.2, -0.15) is 0 Å². The zero-order chi connectivity index (χ0) is 21.5. The second kappa shape index (κ2) is 9.59. The first-order chi connectivity index (χ1) is 15.2. The minimum atomic E-state index is -0.109. The summed E-state index contributed by atoms with van der Waals surface area (Å²) in [7, 11) is 0. The molecular weight excluding hydrogens is 386 g/mol. The van der Waals surface area contributed by atoms with E-state index in [1.807, 2.05) is 77.0 Å². The van der Waals surface area contributed by atoms with E-state index in [0.717, 1.165) is 35.6 Å². The van der Waals surface area contributed by atoms with E-state index < -0.39 is 0 Å². The number of carbonyl (C=O) groups is 1. The highest BCUT2D eigenvalue weighted by atomic mass is 16.1. The van der Waals surface area contributed by atoms with E-state index in [-0.39, 0.29) is 5.91 Å². The maximum absolute atomic E-state index is 12.7. The van der Waals surface area contributed by atoms with Gasteiger partial charge in [0, 0.05) is 54.6 Å². The number of aromatic nitrogens is 4. The van der Waals surface area contributed by atoms with Crippen molar-refractivity contribution in [2.45, 2.75) is 19.9 Å². The van der Waals surface area contributed by atoms with Gasteiger partial charge in [0.25, 0.3) is 5.91 Å². The summed E-state index contributed by atoms with van der Waals surface area (Å²) in [5.41, 5.74) is 3.18. The molecule has 2 aromatic carbocycles. The van der Waals surface area contributed by atoms with E-state index in [1.54, 1.807) is 18.7 Å². The van der Waals surface area contributed by atoms with Crippen molar-refractivity contribution < 1.29 is 4.79 Å². The molecule has 31 heavy (non-hydrogen) atoms. The molecule has 4 aromatic rings. The number of rotatable bonds is 6. The van der Waals surface area contributed by atoms with Gasteiger partial charge in [-0.15, -0.1) is 0 Å². The van der Waals surface area contributed by atoms with E-state index in [2.05, 4.69) is 27.1 Å². The van der Waals surface area contributed by atoms with Crippen molar-refractivity contribution in [2.24, 2.45) is 0 Å². The SMILES string of the molecule is Cc1nccn1-c1ccc(C(=O)NCCCn2ccnc2)cc1C#Cc1ccccc1. The molecular formula is C25H23N5O. The number of imidazole rings is 2. The second-order valence-corrected chi connectivity index (χ2v) is 7.10. The summed E-state index contributed by atoms with van der Waals surface area (Å²) in [5, 5.41) is 2.99. The van der Waals surface area contributed by atoms with E-state index in [1.165, 1.54) is 0 Å². The number of benzene rings is 2. The Morgan fingerprint density at radius 2 is 1.94 bits per heavy atom. The predicted molar refractivity (Wildman–Crippen MR) is 120 cm³/mol. The molecule has 4 rings (SSSR count). The summed E-state index contributed by atoms with van der Waals surface area (Å²) < 4.78 is 3.97. The van der Waals surface area contributed by atoms with E-state index in [0.29, 0.717) is 12.1 Å². The van der Waals surface area contributed by atoms with Gasteiger partial charge < -0.3 is 14.5 Å². The van der Waals surface area contributed by atoms with Crippen LogP contribution in [-0.2, 0) is 6.54 Å². The highest BCUT2D eigenvalue weighted by Gasteiger charge is 2.11. The summed E-state index contributed by atoms with van der Waals surface area (Å²) in [6, 6.07) is 15.4. The minimum Gasteiger partial charge on any atom is -0.352 e. The van der Waals surface area contributed by atoms with Crippen molar-refractivity contribution >= 4 is 5.91 Å². The van der Waals surface area contributed by atoms with Crippen molar-refractivity contribution in [3.63, 3.8) is 0 Å². The second-order valence-electron chi connectivity index (χ2n) is 7.10. The third-order valence-electron chi connectivity index (χ3n) is 4.90. The molecule has 0 fully saturated rings. The lowest BCUT2D eigenvalue weighted by molar-refractivity contribution is 0.0952. The third-order valence-corrected chi connectivity index (χ3v) is 4.90. The summed E-state index contributed by atoms with van der Waals surface area (Å²) in [6.07, 6.45) is 9.92. The Morgan fingerprint density at radius 3 is 2.68 bits per heavy atom. The summed E-state index contributed by atoms with van der Waals surface area (Å²) in [6.45, 7) is 3.34. The fourth-order valence-electron chi connectivity index (χ4n) is 3.27. The van der Waals surface area contributed by atoms with Gasteiger partial charge in [0.15, 0.2) is 0 Å². The monoisotopic (exact) mass is 409 g/mol. The predicted octanol–water partition coefficient (Wildman–Crippen LogP) is 3.60. The van der Waals surface area contributed by atoms with Crippen LogP contribution < -0.4 is 5.32 Å². The first-order valence-corrected chi connectivity index (χ1v) is 10.2. The number of carbonyl (C=O) groups excluding carboxylic acids is 1. The van der Waals surface area contributed by atoms with Crippen molar-refractivity contribution in [1.82, 2.24) is 24.4 Å². The highest BCUT2D eigenvalue weighted by molar-refractivity contribution is 5.95. The number of amides is 1. The maximum atomic E-state index is 12.7. The number of hydrogen-bond acceptors (Lipinski definition) is 3. The van der Waals surface area contributed by atoms with Crippen LogP contribution in [0.5, 0.6) is 0 Å². The van der Waals surface area contributed by atoms with Crippen LogP contribution >= 0.6 is 0 Å². The van der Waals surface area contributed by atoms with Crippen LogP contribution in [0.2, 0.25) is 0 Å². The quantitative estimate of drug-likeness (QED) is 0.391. The molecule has 0 spiro atoms. The molecule has 0 atom stereocenters. The molecule has 0 bridgehead atoms. The zero-order valence-electron chi connectivity index (χ0n) is 17.3. The molecule has 6 nitrogen and oxygen atoms in total. The van der Waals surface area contributed by atoms with Crippen LogP contribution in [0.15, 0.2) is 79.6 Å². The molecule has 0 unspecified atom stereocenters. The smallest absolute Gasteiger partial charge is 0.251 e. The molecule has 0 aliphatic rings. The molecule has 0 aliphatic heterocycles. The Balaban J connectivity index is 1.54. The fourth-order valence-corrected chi connectivity index (χ4v) is 3.27. The molecule has 154 valence electrons. The maximum Gasteiger partial charge on any atom is 0.251 e. The topological polar surface area (TPSA) is 64.7 Å². The first-order valence-electron chi connectivity index (χ1n) is 10.2. The Kier molecular flexibility index (Phi) is 6.24. The standard InChI is InChI=1S/C25H23N5O/c1-20-27-14-17-30(20)24-11-10-23(18-22(24)9-8-21-6-3-2-4-7-21)25(31)28-12-5-15-29-16-13-26-19-29/h2-4,6-7,10-11,13-14,16-19H,5,12,15H2,1H3,(H,28,31). The van der Waals surface area contributed by atoms with Crippen LogP contribution in [0.4, 0.5) is 0 Å². The lowest BCUT2D eigenvalue weighted by atomic mass is 10.1. The first kappa shape index (κ1) is 20.2. The van der Waals surface area contributed by atoms with Gasteiger partial charge in [-0.3, -0.25) is 4.79 Å². The van der Waals surface area contributed by atoms with E-state index >= 15 is 0 Å². The largest absolute Gasteiger partial charge is 0.352 e. The molecule has 0 aliphatic carbocycles. The van der Waals surface area contributed by atoms with Gasteiger partial charge in [0.05, 0.1) is 12.0 Å². The number of nitrogens with zero attached hydrogens (tertiary/aromatic N) is 4. The van der Waals surface area contributed by atoms with Crippen molar-refractivity contribution in [1.29, 1.82) is 0 Å². The Hall–Kier alpha value is -4.11. The normalized spacial score (nSPS) is 10.4. The number of aryl methyl sites for hydroxylation is 2. The molecule has 2 aromatic heterocycles. The number of hydrogen-bond donors (Lipinski definition) is 1. The average Bonchev–Trinajstić information content (AvgIpc) is 3.47. The Bertz CT molecular complexity index is 1210. The van der Waals surface area contributed by atoms with Crippen LogP contribution in [-0.4, -0.2) is 31.6 Å². The van der Waals surface area contributed by atoms with Crippen molar-refractivity contribution in [3.05, 3.63) is 102 Å². The van der Waals surface area contributed by atoms with Crippen LogP contribution in [0.3, 0.4) is 0 Å². The molecule has 0 saturated heterocycles. The van der Waals surface area contributed by atoms with Crippen LogP contribution in [0, 0.1) is 18.8 Å². The Morgan fingerprint density at radius 1 is 1.06 bits per heavy atom. The molecule has 1 amide bonds. The minimum absolute atomic E-state index is 0.109. The van der Waals surface area contributed by atoms with E-state index in [9.17, 15) is 4.79 Å². The summed E-state index contributed by atoms with van der Waals surface area (Å²) >= 11 is 0. The molecule has 6 heteroatoms. The van der Waals surface area contributed by atoms with Gasteiger partial charge in [0.2, 0.25) is 0 Å². The molecule has 1 N–H and O–H groups in total. The summed E-state index contributed by atoms with van der Waals surface area (Å²) in [4.78, 5) is 21.0. The summed E-state index contributed by atoms with van der Waals surface area (Å²) in [5.74, 6) is 7.18. The van der Waals surface area contributed by atoms with Gasteiger partial charge in [-0.1, -0.05) is 30.0 Å². The highest BCUT2D eigenvalue weighted by Crippen LogP contribution is 2.18. The van der Waals surface area contributed by atoms with Gasteiger partial charge in [0.1, 0.15) is 5.82 Å². The van der Waals surface area contributed by atoms with Crippen molar-refractivity contribution in [2.75, 3.05) is 6.54 Å². The zero-order valence-corrected chi connectivity index (χ0v) is 17.3. The fraction of sp³-hybridized carbons (Fsp3) is 0.160. The lowest BCUT2D eigenvalue weighted by Crippen LogP contribution is -2.25. The Labute approximate surface area is 181 Å². The van der Waals surface area contributed by atoms with Crippen LogP contribution in [0.25, 0.3) is 5.69 Å². The van der Waals surface area contributed by atoms with Gasteiger partial charge in [-0.05, 0) is 43.7 Å². The van der Waals surface area contributed by atoms with Crippen LogP contribution in [0.1, 0.15) is 33.7 Å².